The maximum atomic E-state index is 12.6. The van der Waals surface area contributed by atoms with Gasteiger partial charge in [0.25, 0.3) is 0 Å². The first-order valence-corrected chi connectivity index (χ1v) is 15.4. The van der Waals surface area contributed by atoms with Gasteiger partial charge in [-0.15, -0.1) is 0 Å². The van der Waals surface area contributed by atoms with Crippen LogP contribution in [0.1, 0.15) is 27.1 Å². The second-order valence-electron chi connectivity index (χ2n) is 9.65. The van der Waals surface area contributed by atoms with Crippen LogP contribution in [0.25, 0.3) is 0 Å². The highest BCUT2D eigenvalue weighted by atomic mass is 28.3. The highest BCUT2D eigenvalue weighted by Gasteiger charge is 2.41. The van der Waals surface area contributed by atoms with Crippen molar-refractivity contribution in [3.05, 3.63) is 65.7 Å². The van der Waals surface area contributed by atoms with Gasteiger partial charge in [0.2, 0.25) is 0 Å². The smallest absolute Gasteiger partial charge is 0.338 e. The minimum atomic E-state index is -1.33. The van der Waals surface area contributed by atoms with Crippen molar-refractivity contribution < 1.29 is 38.4 Å². The average Bonchev–Trinajstić information content (AvgIpc) is 2.84. The third kappa shape index (κ3) is 8.17. The molecule has 0 spiro atoms. The van der Waals surface area contributed by atoms with Crippen molar-refractivity contribution in [3.8, 4) is 5.75 Å². The fraction of sp³-hybridized carbons (Fsp3) is 0.462. The molecule has 8 nitrogen and oxygen atoms in total. The molecular weight excluding hydrogens is 468 g/mol. The van der Waals surface area contributed by atoms with E-state index in [1.165, 1.54) is 0 Å². The molecule has 1 saturated heterocycles. The van der Waals surface area contributed by atoms with E-state index in [-0.39, 0.29) is 13.0 Å². The Bertz CT molecular complexity index is 958. The van der Waals surface area contributed by atoms with Gasteiger partial charge in [0, 0.05) is 21.1 Å². The first kappa shape index (κ1) is 26.9. The van der Waals surface area contributed by atoms with Crippen LogP contribution < -0.4 is 4.74 Å². The predicted molar refractivity (Wildman–Crippen MR) is 132 cm³/mol. The van der Waals surface area contributed by atoms with E-state index in [1.807, 2.05) is 0 Å². The molecule has 0 bridgehead atoms. The van der Waals surface area contributed by atoms with E-state index < -0.39 is 44.6 Å². The first-order valence-electron chi connectivity index (χ1n) is 11.7. The molecule has 1 N–H and O–H groups in total. The number of ether oxygens (including phenoxy) is 5. The van der Waals surface area contributed by atoms with Crippen LogP contribution >= 0.6 is 0 Å². The molecule has 0 amide bonds. The topological polar surface area (TPSA) is 101 Å². The molecular formula is C26H34O8Si. The number of rotatable bonds is 10. The van der Waals surface area contributed by atoms with Crippen LogP contribution in [0.5, 0.6) is 5.75 Å². The van der Waals surface area contributed by atoms with Gasteiger partial charge in [-0.25, -0.2) is 9.59 Å². The monoisotopic (exact) mass is 502 g/mol. The zero-order valence-electron chi connectivity index (χ0n) is 20.6. The zero-order valence-corrected chi connectivity index (χ0v) is 21.6. The van der Waals surface area contributed by atoms with Crippen molar-refractivity contribution in [2.75, 3.05) is 20.3 Å². The minimum absolute atomic E-state index is 0.175. The van der Waals surface area contributed by atoms with Crippen molar-refractivity contribution >= 4 is 20.0 Å². The standard InChI is InChI=1S/C26H34O8Si/c1-30-20-12-10-19(11-13-20)25(28)32-17-22-24(27)21(34-26(29)18-8-6-5-7-9-18)16-23(33-22)31-14-15-35(2,3)4/h5-13,21-24,27H,14-17H2,1-4H3/t21-,22-,23+,24+/m1/s1. The molecule has 9 heteroatoms. The Balaban J connectivity index is 1.66. The van der Waals surface area contributed by atoms with Gasteiger partial charge >= 0.3 is 11.9 Å². The van der Waals surface area contributed by atoms with Crippen molar-refractivity contribution in [3.63, 3.8) is 0 Å². The maximum Gasteiger partial charge on any atom is 0.338 e. The Morgan fingerprint density at radius 2 is 1.66 bits per heavy atom. The van der Waals surface area contributed by atoms with Crippen molar-refractivity contribution in [1.82, 2.24) is 0 Å². The lowest BCUT2D eigenvalue weighted by molar-refractivity contribution is -0.255. The number of hydrogen-bond donors (Lipinski definition) is 1. The molecule has 2 aromatic carbocycles. The van der Waals surface area contributed by atoms with Gasteiger partial charge < -0.3 is 28.8 Å². The Labute approximate surface area is 207 Å². The van der Waals surface area contributed by atoms with E-state index in [0.717, 1.165) is 6.04 Å². The van der Waals surface area contributed by atoms with Crippen LogP contribution in [-0.2, 0) is 18.9 Å². The lowest BCUT2D eigenvalue weighted by Crippen LogP contribution is -2.52. The Morgan fingerprint density at radius 3 is 2.29 bits per heavy atom. The van der Waals surface area contributed by atoms with Gasteiger partial charge in [-0.1, -0.05) is 37.8 Å². The van der Waals surface area contributed by atoms with E-state index in [4.69, 9.17) is 23.7 Å². The van der Waals surface area contributed by atoms with Crippen molar-refractivity contribution in [2.24, 2.45) is 0 Å². The summed E-state index contributed by atoms with van der Waals surface area (Å²) in [7, 11) is 0.212. The molecule has 35 heavy (non-hydrogen) atoms. The molecule has 190 valence electrons. The number of aliphatic hydroxyl groups is 1. The summed E-state index contributed by atoms with van der Waals surface area (Å²) in [5, 5.41) is 10.9. The predicted octanol–water partition coefficient (Wildman–Crippen LogP) is 3.91. The number of methoxy groups -OCH3 is 1. The van der Waals surface area contributed by atoms with E-state index in [2.05, 4.69) is 19.6 Å². The van der Waals surface area contributed by atoms with Crippen LogP contribution in [-0.4, -0.2) is 70.0 Å². The lowest BCUT2D eigenvalue weighted by atomic mass is 10.0. The van der Waals surface area contributed by atoms with Gasteiger partial charge in [0.1, 0.15) is 30.7 Å². The van der Waals surface area contributed by atoms with E-state index in [0.29, 0.717) is 23.5 Å². The summed E-state index contributed by atoms with van der Waals surface area (Å²) < 4.78 is 28.0. The van der Waals surface area contributed by atoms with Crippen molar-refractivity contribution in [1.29, 1.82) is 0 Å². The summed E-state index contributed by atoms with van der Waals surface area (Å²) in [6, 6.07) is 16.0. The molecule has 4 atom stereocenters. The lowest BCUT2D eigenvalue weighted by Gasteiger charge is -2.38. The van der Waals surface area contributed by atoms with Gasteiger partial charge in [0.05, 0.1) is 18.2 Å². The third-order valence-corrected chi connectivity index (χ3v) is 7.35. The average molecular weight is 503 g/mol. The quantitative estimate of drug-likeness (QED) is 0.386. The zero-order chi connectivity index (χ0) is 25.4. The maximum absolute atomic E-state index is 12.6. The van der Waals surface area contributed by atoms with E-state index in [9.17, 15) is 14.7 Å². The Hall–Kier alpha value is -2.72. The molecule has 0 radical (unpaired) electrons. The third-order valence-electron chi connectivity index (χ3n) is 5.64. The number of hydrogen-bond acceptors (Lipinski definition) is 8. The fourth-order valence-corrected chi connectivity index (χ4v) is 4.24. The van der Waals surface area contributed by atoms with Crippen LogP contribution in [0.4, 0.5) is 0 Å². The second kappa shape index (κ2) is 12.3. The minimum Gasteiger partial charge on any atom is -0.497 e. The van der Waals surface area contributed by atoms with Crippen LogP contribution in [0.2, 0.25) is 25.7 Å². The summed E-state index contributed by atoms with van der Waals surface area (Å²) in [4.78, 5) is 25.1. The summed E-state index contributed by atoms with van der Waals surface area (Å²) >= 11 is 0. The Morgan fingerprint density at radius 1 is 1.00 bits per heavy atom. The number of benzene rings is 2. The van der Waals surface area contributed by atoms with Crippen LogP contribution in [0.15, 0.2) is 54.6 Å². The molecule has 1 aliphatic rings. The molecule has 0 unspecified atom stereocenters. The van der Waals surface area contributed by atoms with Gasteiger partial charge in [0.15, 0.2) is 6.29 Å². The molecule has 0 aliphatic carbocycles. The first-order chi connectivity index (χ1) is 16.7. The Kier molecular flexibility index (Phi) is 9.45. The molecule has 0 aromatic heterocycles. The summed E-state index contributed by atoms with van der Waals surface area (Å²) in [5.41, 5.74) is 0.718. The normalized spacial score (nSPS) is 22.3. The van der Waals surface area contributed by atoms with Crippen LogP contribution in [0, 0.1) is 0 Å². The van der Waals surface area contributed by atoms with Crippen LogP contribution in [0.3, 0.4) is 0 Å². The largest absolute Gasteiger partial charge is 0.497 e. The van der Waals surface area contributed by atoms with Crippen molar-refractivity contribution in [2.45, 2.75) is 56.7 Å². The second-order valence-corrected chi connectivity index (χ2v) is 15.3. The number of aliphatic hydroxyl groups excluding tert-OH is 1. The van der Waals surface area contributed by atoms with Gasteiger partial charge in [-0.2, -0.15) is 0 Å². The fourth-order valence-electron chi connectivity index (χ4n) is 3.51. The van der Waals surface area contributed by atoms with E-state index in [1.54, 1.807) is 61.7 Å². The highest BCUT2D eigenvalue weighted by molar-refractivity contribution is 6.76. The molecule has 3 rings (SSSR count). The molecule has 0 saturated carbocycles. The van der Waals surface area contributed by atoms with Gasteiger partial charge in [-0.05, 0) is 42.4 Å². The molecule has 1 heterocycles. The summed E-state index contributed by atoms with van der Waals surface area (Å²) in [6.07, 6.45) is -3.51. The number of carbonyl (C=O) groups is 2. The molecule has 1 aliphatic heterocycles. The summed E-state index contributed by atoms with van der Waals surface area (Å²) in [6.45, 7) is 7.00. The van der Waals surface area contributed by atoms with Gasteiger partial charge in [-0.3, -0.25) is 0 Å². The number of carbonyl (C=O) groups excluding carboxylic acids is 2. The van der Waals surface area contributed by atoms with E-state index >= 15 is 0 Å². The number of esters is 2. The molecule has 1 fully saturated rings. The SMILES string of the molecule is COc1ccc(C(=O)OC[C@H]2O[C@H](OCC[Si](C)(C)C)C[C@@H](OC(=O)c3ccccc3)[C@@H]2O)cc1. The summed E-state index contributed by atoms with van der Waals surface area (Å²) in [5.74, 6) is -0.497. The molecule has 2 aromatic rings. The highest BCUT2D eigenvalue weighted by Crippen LogP contribution is 2.26.